The van der Waals surface area contributed by atoms with Gasteiger partial charge < -0.3 is 15.0 Å². The molecule has 2 amide bonds. The van der Waals surface area contributed by atoms with E-state index in [0.29, 0.717) is 71.1 Å². The average molecular weight is 919 g/mol. The largest absolute Gasteiger partial charge is 0.380 e. The summed E-state index contributed by atoms with van der Waals surface area (Å²) < 4.78 is 61.2. The number of aromatic nitrogens is 3. The lowest BCUT2D eigenvalue weighted by Gasteiger charge is -2.29. The van der Waals surface area contributed by atoms with Gasteiger partial charge in [0.05, 0.1) is 28.7 Å². The van der Waals surface area contributed by atoms with Crippen molar-refractivity contribution in [1.82, 2.24) is 24.6 Å². The van der Waals surface area contributed by atoms with Gasteiger partial charge in [-0.2, -0.15) is 0 Å². The van der Waals surface area contributed by atoms with E-state index in [2.05, 4.69) is 35.2 Å². The van der Waals surface area contributed by atoms with Crippen LogP contribution >= 0.6 is 34.4 Å². The molecule has 15 nitrogen and oxygen atoms in total. The molecular weight excluding hydrogens is 877 g/mol. The summed E-state index contributed by atoms with van der Waals surface area (Å²) in [6.07, 6.45) is 4.02. The Morgan fingerprint density at radius 3 is 2.54 bits per heavy atom. The predicted octanol–water partition coefficient (Wildman–Crippen LogP) is 5.78. The molecule has 6 aromatic rings. The molecule has 0 unspecified atom stereocenters. The lowest BCUT2D eigenvalue weighted by molar-refractivity contribution is 0.0370. The van der Waals surface area contributed by atoms with Gasteiger partial charge in [-0.25, -0.2) is 36.5 Å². The molecule has 61 heavy (non-hydrogen) atoms. The van der Waals surface area contributed by atoms with Crippen molar-refractivity contribution >= 4 is 92.4 Å². The number of pyridine rings is 1. The van der Waals surface area contributed by atoms with Crippen LogP contribution < -0.4 is 20.3 Å². The number of rotatable bonds is 15. The first-order chi connectivity index (χ1) is 29.4. The van der Waals surface area contributed by atoms with E-state index in [1.807, 2.05) is 53.4 Å². The van der Waals surface area contributed by atoms with Crippen molar-refractivity contribution in [3.05, 3.63) is 113 Å². The average Bonchev–Trinajstić information content (AvgIpc) is 3.92. The summed E-state index contributed by atoms with van der Waals surface area (Å²) in [5.41, 5.74) is 3.16. The summed E-state index contributed by atoms with van der Waals surface area (Å²) in [4.78, 5) is 45.6. The van der Waals surface area contributed by atoms with Gasteiger partial charge in [0.15, 0.2) is 20.1 Å². The molecule has 0 aliphatic carbocycles. The Morgan fingerprint density at radius 2 is 1.75 bits per heavy atom. The summed E-state index contributed by atoms with van der Waals surface area (Å²) >= 11 is 4.10. The molecule has 1 fully saturated rings. The van der Waals surface area contributed by atoms with Crippen LogP contribution in [0.2, 0.25) is 0 Å². The fraction of sp³-hybridized carbons (Fsp3) is 0.293. The number of sulfonamides is 1. The third-order valence-corrected chi connectivity index (χ3v) is 15.7. The third-order valence-electron chi connectivity index (χ3n) is 10.2. The zero-order chi connectivity index (χ0) is 42.6. The van der Waals surface area contributed by atoms with Crippen molar-refractivity contribution in [2.45, 2.75) is 40.1 Å². The van der Waals surface area contributed by atoms with Crippen LogP contribution in [0, 0.1) is 0 Å². The number of thioether (sulfide) groups is 1. The number of sulfone groups is 1. The number of morpholine rings is 1. The van der Waals surface area contributed by atoms with Crippen molar-refractivity contribution in [2.24, 2.45) is 0 Å². The van der Waals surface area contributed by atoms with Crippen molar-refractivity contribution in [1.29, 1.82) is 0 Å². The minimum atomic E-state index is -4.53. The molecule has 1 atom stereocenters. The number of anilines is 3. The van der Waals surface area contributed by atoms with Crippen LogP contribution in [0.5, 0.6) is 0 Å². The second-order valence-electron chi connectivity index (χ2n) is 14.5. The molecule has 20 heteroatoms. The maximum absolute atomic E-state index is 13.6. The van der Waals surface area contributed by atoms with Crippen LogP contribution in [0.3, 0.4) is 0 Å². The van der Waals surface area contributed by atoms with E-state index in [0.717, 1.165) is 48.0 Å². The first-order valence-corrected chi connectivity index (χ1v) is 25.5. The molecule has 5 heterocycles. The minimum absolute atomic E-state index is 0.120. The maximum Gasteiger partial charge on any atom is 0.284 e. The van der Waals surface area contributed by atoms with Gasteiger partial charge in [-0.1, -0.05) is 41.7 Å². The van der Waals surface area contributed by atoms with Crippen LogP contribution in [0.25, 0.3) is 10.3 Å². The number of fused-ring (bicyclic) bond motifs is 2. The summed E-state index contributed by atoms with van der Waals surface area (Å²) in [5.74, 6) is -0.641. The second-order valence-corrected chi connectivity index (χ2v) is 21.1. The van der Waals surface area contributed by atoms with Crippen LogP contribution in [-0.2, 0) is 37.6 Å². The van der Waals surface area contributed by atoms with Crippen molar-refractivity contribution in [3.8, 4) is 0 Å². The third kappa shape index (κ3) is 10.4. The van der Waals surface area contributed by atoms with E-state index in [1.165, 1.54) is 40.2 Å². The van der Waals surface area contributed by atoms with Gasteiger partial charge in [-0.05, 0) is 72.5 Å². The number of benzene rings is 3. The van der Waals surface area contributed by atoms with Gasteiger partial charge in [0.1, 0.15) is 16.0 Å². The Kier molecular flexibility index (Phi) is 13.0. The topological polar surface area (TPSA) is 193 Å². The van der Waals surface area contributed by atoms with E-state index < -0.39 is 25.8 Å². The van der Waals surface area contributed by atoms with Crippen molar-refractivity contribution < 1.29 is 31.2 Å². The Morgan fingerprint density at radius 1 is 0.934 bits per heavy atom. The summed E-state index contributed by atoms with van der Waals surface area (Å²) in [7, 11) is -8.45. The highest BCUT2D eigenvalue weighted by Gasteiger charge is 2.28. The number of carbonyl (C=O) groups is 2. The van der Waals surface area contributed by atoms with E-state index in [4.69, 9.17) is 4.74 Å². The quantitative estimate of drug-likeness (QED) is 0.105. The van der Waals surface area contributed by atoms with Gasteiger partial charge in [0.2, 0.25) is 0 Å². The van der Waals surface area contributed by atoms with Gasteiger partial charge in [-0.15, -0.1) is 23.1 Å². The summed E-state index contributed by atoms with van der Waals surface area (Å²) in [6.45, 7) is 4.61. The molecule has 0 spiro atoms. The number of carbonyl (C=O) groups excluding carboxylic acids is 2. The first kappa shape index (κ1) is 42.7. The smallest absolute Gasteiger partial charge is 0.284 e. The van der Waals surface area contributed by atoms with E-state index in [-0.39, 0.29) is 33.1 Å². The highest BCUT2D eigenvalue weighted by atomic mass is 32.2. The highest BCUT2D eigenvalue weighted by molar-refractivity contribution is 7.99. The number of thiazole rings is 2. The number of nitrogens with zero attached hydrogens (tertiary/aromatic N) is 5. The molecule has 3 N–H and O–H groups in total. The monoisotopic (exact) mass is 918 g/mol. The van der Waals surface area contributed by atoms with Crippen LogP contribution in [-0.4, -0.2) is 106 Å². The number of hydrogen-bond donors (Lipinski definition) is 3. The van der Waals surface area contributed by atoms with Crippen LogP contribution in [0.4, 0.5) is 16.0 Å². The zero-order valence-corrected chi connectivity index (χ0v) is 37.0. The predicted molar refractivity (Wildman–Crippen MR) is 239 cm³/mol. The lowest BCUT2D eigenvalue weighted by Crippen LogP contribution is -2.39. The van der Waals surface area contributed by atoms with Gasteiger partial charge in [0.25, 0.3) is 21.8 Å². The minimum Gasteiger partial charge on any atom is -0.380 e. The zero-order valence-electron chi connectivity index (χ0n) is 32.9. The van der Waals surface area contributed by atoms with Gasteiger partial charge in [-0.3, -0.25) is 19.8 Å². The fourth-order valence-electron chi connectivity index (χ4n) is 7.08. The van der Waals surface area contributed by atoms with Gasteiger partial charge >= 0.3 is 0 Å². The Labute approximate surface area is 365 Å². The molecule has 2 aliphatic heterocycles. The molecule has 3 aromatic heterocycles. The number of nitrogens with one attached hydrogen (secondary N) is 3. The molecule has 0 saturated carbocycles. The molecular formula is C41H42N8O7S5. The van der Waals surface area contributed by atoms with E-state index in [9.17, 15) is 26.4 Å². The molecule has 8 rings (SSSR count). The van der Waals surface area contributed by atoms with E-state index in [1.54, 1.807) is 30.1 Å². The van der Waals surface area contributed by atoms with Crippen molar-refractivity contribution in [2.75, 3.05) is 66.9 Å². The van der Waals surface area contributed by atoms with E-state index >= 15 is 0 Å². The second kappa shape index (κ2) is 18.6. The lowest BCUT2D eigenvalue weighted by atomic mass is 9.94. The summed E-state index contributed by atoms with van der Waals surface area (Å²) in [5, 5.41) is 8.68. The maximum atomic E-state index is 13.6. The number of ether oxygens (including phenoxy) is 1. The first-order valence-electron chi connectivity index (χ1n) is 19.4. The van der Waals surface area contributed by atoms with Crippen LogP contribution in [0.15, 0.2) is 105 Å². The molecule has 2 aliphatic rings. The molecule has 3 aromatic carbocycles. The number of amides is 2. The molecule has 318 valence electrons. The van der Waals surface area contributed by atoms with Crippen LogP contribution in [0.1, 0.15) is 38.4 Å². The SMILES string of the molecule is CS(=O)(=O)c1cc(S(=O)(=O)NC(=O)c2csc(N3CCc4cccc(C(=O)Nc5nc6cccnc6s5)c4C3)n2)ccc1N[C@H](CCN1CCOCC1)CSc1ccccc1. The Hall–Kier alpha value is -4.96. The Balaban J connectivity index is 0.949. The molecule has 0 bridgehead atoms. The Bertz CT molecular complexity index is 2740. The fourth-order valence-corrected chi connectivity index (χ4v) is 11.6. The molecule has 1 saturated heterocycles. The van der Waals surface area contributed by atoms with Gasteiger partial charge in [0, 0.05) is 72.8 Å². The summed E-state index contributed by atoms with van der Waals surface area (Å²) in [6, 6.07) is 22.7. The standard InChI is InChI=1S/C41H42N8O7S5/c1-60(52,53)36-23-30(12-13-33(36)43-28(15-17-48-19-21-56-22-20-48)25-57-29-8-3-2-4-9-29)61(54,55)47-38(51)35-26-58-41(45-35)49-18-14-27-7-5-10-31(32(27)24-49)37(50)46-40-44-34-11-6-16-42-39(34)59-40/h2-13,16,23,26,28,43H,14-15,17-22,24-25H2,1H3,(H,47,51)(H,44,46,50)/t28-/m1/s1. The van der Waals surface area contributed by atoms with Crippen molar-refractivity contribution in [3.63, 3.8) is 0 Å². The number of hydrogen-bond acceptors (Lipinski definition) is 16. The normalized spacial score (nSPS) is 15.3. The highest BCUT2D eigenvalue weighted by Crippen LogP contribution is 2.32. The molecule has 0 radical (unpaired) electrons.